The van der Waals surface area contributed by atoms with Gasteiger partial charge >= 0.3 is 0 Å². The minimum absolute atomic E-state index is 0.237. The number of hydrogen-bond donors (Lipinski definition) is 1. The fourth-order valence-corrected chi connectivity index (χ4v) is 2.08. The number of imidazole rings is 1. The van der Waals surface area contributed by atoms with Gasteiger partial charge in [0.15, 0.2) is 0 Å². The molecular weight excluding hydrogens is 221 g/mol. The molecule has 1 aliphatic rings. The molecule has 0 aliphatic carbocycles. The summed E-state index contributed by atoms with van der Waals surface area (Å²) < 4.78 is 18.3. The van der Waals surface area contributed by atoms with E-state index in [-0.39, 0.29) is 5.82 Å². The number of halogens is 1. The van der Waals surface area contributed by atoms with E-state index >= 15 is 0 Å². The predicted molar refractivity (Wildman–Crippen MR) is 62.1 cm³/mol. The number of hydrogen-bond acceptors (Lipinski definition) is 3. The van der Waals surface area contributed by atoms with Gasteiger partial charge in [-0.25, -0.2) is 9.37 Å². The third-order valence-electron chi connectivity index (χ3n) is 2.97. The van der Waals surface area contributed by atoms with E-state index in [1.165, 1.54) is 12.1 Å². The first kappa shape index (κ1) is 10.7. The standard InChI is InChI=1S/C12H14FN3O/c13-9-1-2-10-11(7-9)15-12(14-10)8-16-3-5-17-6-4-16/h1-2,7H,3-6,8H2,(H,14,15). The van der Waals surface area contributed by atoms with Crippen LogP contribution in [-0.4, -0.2) is 41.2 Å². The van der Waals surface area contributed by atoms with Gasteiger partial charge in [0.1, 0.15) is 11.6 Å². The van der Waals surface area contributed by atoms with Gasteiger partial charge in [-0.3, -0.25) is 4.90 Å². The molecule has 4 nitrogen and oxygen atoms in total. The number of nitrogens with zero attached hydrogens (tertiary/aromatic N) is 2. The van der Waals surface area contributed by atoms with Crippen molar-refractivity contribution < 1.29 is 9.13 Å². The van der Waals surface area contributed by atoms with Crippen LogP contribution in [-0.2, 0) is 11.3 Å². The molecule has 17 heavy (non-hydrogen) atoms. The van der Waals surface area contributed by atoms with E-state index in [0.29, 0.717) is 0 Å². The van der Waals surface area contributed by atoms with Crippen LogP contribution in [0.1, 0.15) is 5.82 Å². The minimum Gasteiger partial charge on any atom is -0.379 e. The highest BCUT2D eigenvalue weighted by atomic mass is 19.1. The number of ether oxygens (including phenoxy) is 1. The largest absolute Gasteiger partial charge is 0.379 e. The molecule has 0 unspecified atom stereocenters. The third kappa shape index (κ3) is 2.30. The van der Waals surface area contributed by atoms with Gasteiger partial charge in [-0.05, 0) is 18.2 Å². The molecule has 5 heteroatoms. The first-order chi connectivity index (χ1) is 8.31. The van der Waals surface area contributed by atoms with Crippen LogP contribution in [0, 0.1) is 5.82 Å². The zero-order valence-corrected chi connectivity index (χ0v) is 9.45. The van der Waals surface area contributed by atoms with E-state index in [1.54, 1.807) is 6.07 Å². The van der Waals surface area contributed by atoms with Crippen LogP contribution in [0.3, 0.4) is 0 Å². The van der Waals surface area contributed by atoms with Crippen molar-refractivity contribution in [3.8, 4) is 0 Å². The van der Waals surface area contributed by atoms with Crippen LogP contribution >= 0.6 is 0 Å². The van der Waals surface area contributed by atoms with Crippen molar-refractivity contribution in [3.63, 3.8) is 0 Å². The van der Waals surface area contributed by atoms with Crippen molar-refractivity contribution in [1.29, 1.82) is 0 Å². The van der Waals surface area contributed by atoms with E-state index in [4.69, 9.17) is 4.74 Å². The van der Waals surface area contributed by atoms with Crippen molar-refractivity contribution in [1.82, 2.24) is 14.9 Å². The number of morpholine rings is 1. The molecule has 0 amide bonds. The number of H-pyrrole nitrogens is 1. The molecule has 0 radical (unpaired) electrons. The van der Waals surface area contributed by atoms with E-state index in [2.05, 4.69) is 14.9 Å². The van der Waals surface area contributed by atoms with Gasteiger partial charge in [-0.2, -0.15) is 0 Å². The molecule has 1 aromatic carbocycles. The Labute approximate surface area is 98.4 Å². The fraction of sp³-hybridized carbons (Fsp3) is 0.417. The highest BCUT2D eigenvalue weighted by Gasteiger charge is 2.12. The molecule has 1 fully saturated rings. The van der Waals surface area contributed by atoms with E-state index in [9.17, 15) is 4.39 Å². The molecule has 1 N–H and O–H groups in total. The summed E-state index contributed by atoms with van der Waals surface area (Å²) in [6.45, 7) is 4.15. The van der Waals surface area contributed by atoms with Crippen molar-refractivity contribution in [2.24, 2.45) is 0 Å². The van der Waals surface area contributed by atoms with Crippen LogP contribution in [0.5, 0.6) is 0 Å². The second-order valence-corrected chi connectivity index (χ2v) is 4.23. The lowest BCUT2D eigenvalue weighted by Gasteiger charge is -2.25. The molecule has 3 rings (SSSR count). The lowest BCUT2D eigenvalue weighted by atomic mass is 10.3. The smallest absolute Gasteiger partial charge is 0.125 e. The van der Waals surface area contributed by atoms with Gasteiger partial charge in [-0.1, -0.05) is 0 Å². The quantitative estimate of drug-likeness (QED) is 0.858. The topological polar surface area (TPSA) is 41.2 Å². The summed E-state index contributed by atoms with van der Waals surface area (Å²) in [7, 11) is 0. The zero-order chi connectivity index (χ0) is 11.7. The Morgan fingerprint density at radius 2 is 2.18 bits per heavy atom. The second-order valence-electron chi connectivity index (χ2n) is 4.23. The Balaban J connectivity index is 1.80. The van der Waals surface area contributed by atoms with Crippen LogP contribution in [0.15, 0.2) is 18.2 Å². The van der Waals surface area contributed by atoms with Crippen molar-refractivity contribution in [2.45, 2.75) is 6.54 Å². The van der Waals surface area contributed by atoms with Crippen LogP contribution < -0.4 is 0 Å². The molecule has 0 saturated carbocycles. The molecule has 1 aromatic heterocycles. The lowest BCUT2D eigenvalue weighted by Crippen LogP contribution is -2.35. The number of aromatic nitrogens is 2. The van der Waals surface area contributed by atoms with E-state index in [1.807, 2.05) is 0 Å². The lowest BCUT2D eigenvalue weighted by molar-refractivity contribution is 0.0332. The molecular formula is C12H14FN3O. The molecule has 90 valence electrons. The van der Waals surface area contributed by atoms with Crippen LogP contribution in [0.2, 0.25) is 0 Å². The maximum Gasteiger partial charge on any atom is 0.125 e. The second kappa shape index (κ2) is 4.43. The molecule has 0 bridgehead atoms. The summed E-state index contributed by atoms with van der Waals surface area (Å²) in [4.78, 5) is 9.87. The molecule has 2 aromatic rings. The summed E-state index contributed by atoms with van der Waals surface area (Å²) >= 11 is 0. The average molecular weight is 235 g/mol. The van der Waals surface area contributed by atoms with Crippen molar-refractivity contribution in [3.05, 3.63) is 29.8 Å². The summed E-state index contributed by atoms with van der Waals surface area (Å²) in [5.74, 6) is 0.645. The summed E-state index contributed by atoms with van der Waals surface area (Å²) in [5, 5.41) is 0. The van der Waals surface area contributed by atoms with Crippen molar-refractivity contribution in [2.75, 3.05) is 26.3 Å². The van der Waals surface area contributed by atoms with Gasteiger partial charge in [-0.15, -0.1) is 0 Å². The molecule has 2 heterocycles. The average Bonchev–Trinajstić information content (AvgIpc) is 2.71. The van der Waals surface area contributed by atoms with Gasteiger partial charge in [0.2, 0.25) is 0 Å². The number of aromatic amines is 1. The summed E-state index contributed by atoms with van der Waals surface area (Å²) in [6.07, 6.45) is 0. The number of nitrogens with one attached hydrogen (secondary N) is 1. The Kier molecular flexibility index (Phi) is 2.78. The normalized spacial score (nSPS) is 17.7. The molecule has 0 spiro atoms. The van der Waals surface area contributed by atoms with Crippen LogP contribution in [0.4, 0.5) is 4.39 Å². The Morgan fingerprint density at radius 1 is 1.35 bits per heavy atom. The van der Waals surface area contributed by atoms with Gasteiger partial charge in [0.25, 0.3) is 0 Å². The third-order valence-corrected chi connectivity index (χ3v) is 2.97. The maximum atomic E-state index is 13.0. The summed E-state index contributed by atoms with van der Waals surface area (Å²) in [5.41, 5.74) is 1.57. The highest BCUT2D eigenvalue weighted by molar-refractivity contribution is 5.74. The predicted octanol–water partition coefficient (Wildman–Crippen LogP) is 1.53. The minimum atomic E-state index is -0.237. The molecule has 1 aliphatic heterocycles. The summed E-state index contributed by atoms with van der Waals surface area (Å²) in [6, 6.07) is 4.61. The zero-order valence-electron chi connectivity index (χ0n) is 9.45. The molecule has 1 saturated heterocycles. The number of fused-ring (bicyclic) bond motifs is 1. The Bertz CT molecular complexity index is 519. The van der Waals surface area contributed by atoms with Crippen molar-refractivity contribution >= 4 is 11.0 Å². The first-order valence-electron chi connectivity index (χ1n) is 5.75. The Hall–Kier alpha value is -1.46. The SMILES string of the molecule is Fc1ccc2nc(CN3CCOCC3)[nH]c2c1. The van der Waals surface area contributed by atoms with E-state index < -0.39 is 0 Å². The molecule has 0 atom stereocenters. The highest BCUT2D eigenvalue weighted by Crippen LogP contribution is 2.14. The number of benzene rings is 1. The first-order valence-corrected chi connectivity index (χ1v) is 5.75. The van der Waals surface area contributed by atoms with Gasteiger partial charge in [0.05, 0.1) is 30.8 Å². The van der Waals surface area contributed by atoms with Gasteiger partial charge < -0.3 is 9.72 Å². The Morgan fingerprint density at radius 3 is 3.00 bits per heavy atom. The number of rotatable bonds is 2. The van der Waals surface area contributed by atoms with Gasteiger partial charge in [0, 0.05) is 13.1 Å². The fourth-order valence-electron chi connectivity index (χ4n) is 2.08. The maximum absolute atomic E-state index is 13.0. The van der Waals surface area contributed by atoms with E-state index in [0.717, 1.165) is 49.7 Å². The van der Waals surface area contributed by atoms with Crippen LogP contribution in [0.25, 0.3) is 11.0 Å². The monoisotopic (exact) mass is 235 g/mol.